The van der Waals surface area contributed by atoms with E-state index in [1.807, 2.05) is 6.92 Å². The average molecular weight is 320 g/mol. The van der Waals surface area contributed by atoms with Crippen molar-refractivity contribution < 1.29 is 14.6 Å². The number of ketones is 1. The van der Waals surface area contributed by atoms with Gasteiger partial charge in [0.25, 0.3) is 0 Å². The van der Waals surface area contributed by atoms with Gasteiger partial charge in [0.15, 0.2) is 0 Å². The molecule has 1 heterocycles. The highest BCUT2D eigenvalue weighted by Crippen LogP contribution is 2.64. The molecule has 0 spiro atoms. The van der Waals surface area contributed by atoms with Crippen LogP contribution in [0.1, 0.15) is 66.7 Å². The molecular formula is C20H32O3. The van der Waals surface area contributed by atoms with Crippen LogP contribution in [0.25, 0.3) is 0 Å². The van der Waals surface area contributed by atoms with Crippen molar-refractivity contribution in [1.82, 2.24) is 0 Å². The van der Waals surface area contributed by atoms with E-state index < -0.39 is 11.2 Å². The smallest absolute Gasteiger partial charge is 0.142 e. The Morgan fingerprint density at radius 3 is 2.43 bits per heavy atom. The second-order valence-corrected chi connectivity index (χ2v) is 9.48. The highest BCUT2D eigenvalue weighted by molar-refractivity contribution is 5.85. The molecule has 1 aliphatic heterocycles. The largest absolute Gasteiger partial charge is 0.393 e. The second-order valence-electron chi connectivity index (χ2n) is 9.48. The van der Waals surface area contributed by atoms with Crippen molar-refractivity contribution in [2.75, 3.05) is 0 Å². The van der Waals surface area contributed by atoms with Crippen LogP contribution in [0.15, 0.2) is 12.7 Å². The van der Waals surface area contributed by atoms with E-state index in [1.54, 1.807) is 6.08 Å². The molecule has 0 amide bonds. The Labute approximate surface area is 140 Å². The molecule has 1 N–H and O–H groups in total. The molecule has 3 aliphatic rings. The van der Waals surface area contributed by atoms with Gasteiger partial charge in [0.2, 0.25) is 0 Å². The zero-order valence-electron chi connectivity index (χ0n) is 15.3. The van der Waals surface area contributed by atoms with Crippen LogP contribution in [0, 0.1) is 22.7 Å². The van der Waals surface area contributed by atoms with E-state index in [2.05, 4.69) is 34.3 Å². The van der Waals surface area contributed by atoms with Crippen molar-refractivity contribution in [2.24, 2.45) is 22.7 Å². The summed E-state index contributed by atoms with van der Waals surface area (Å²) in [5.41, 5.74) is -1.19. The Bertz CT molecular complexity index is 539. The van der Waals surface area contributed by atoms with Crippen LogP contribution < -0.4 is 0 Å². The van der Waals surface area contributed by atoms with Crippen molar-refractivity contribution >= 4 is 5.78 Å². The standard InChI is InChI=1S/C20H32O3/c1-7-18(4)12-13(21)16-19(5)10-9-15(22)17(2,3)14(19)8-11-20(16,6)23-18/h7,14-16,22H,1,8-12H2,2-6H3/t14-,15-,16+,18+,19-,20+/m1/s1. The van der Waals surface area contributed by atoms with Gasteiger partial charge in [0.05, 0.1) is 23.2 Å². The monoisotopic (exact) mass is 320 g/mol. The molecule has 3 rings (SSSR count). The van der Waals surface area contributed by atoms with Crippen LogP contribution >= 0.6 is 0 Å². The van der Waals surface area contributed by atoms with E-state index in [0.717, 1.165) is 25.7 Å². The zero-order valence-corrected chi connectivity index (χ0v) is 15.3. The molecule has 0 aromatic heterocycles. The molecule has 0 bridgehead atoms. The lowest BCUT2D eigenvalue weighted by atomic mass is 9.43. The minimum Gasteiger partial charge on any atom is -0.393 e. The molecule has 0 radical (unpaired) electrons. The molecule has 2 saturated carbocycles. The zero-order chi connectivity index (χ0) is 17.3. The Kier molecular flexibility index (Phi) is 3.67. The van der Waals surface area contributed by atoms with E-state index >= 15 is 0 Å². The number of carbonyl (C=O) groups is 1. The fourth-order valence-corrected chi connectivity index (χ4v) is 6.34. The first kappa shape index (κ1) is 17.2. The van der Waals surface area contributed by atoms with E-state index in [0.29, 0.717) is 18.1 Å². The SMILES string of the molecule is C=C[C@@]1(C)CC(=O)[C@H]2[C@]3(C)CC[C@@H](O)C(C)(C)[C@H]3CC[C@]2(C)O1. The lowest BCUT2D eigenvalue weighted by Crippen LogP contribution is -2.67. The van der Waals surface area contributed by atoms with Gasteiger partial charge in [-0.05, 0) is 56.3 Å². The van der Waals surface area contributed by atoms with Crippen molar-refractivity contribution in [3.63, 3.8) is 0 Å². The maximum atomic E-state index is 13.2. The van der Waals surface area contributed by atoms with Gasteiger partial charge in [0, 0.05) is 6.42 Å². The van der Waals surface area contributed by atoms with Gasteiger partial charge in [-0.2, -0.15) is 0 Å². The fraction of sp³-hybridized carbons (Fsp3) is 0.850. The maximum Gasteiger partial charge on any atom is 0.142 e. The summed E-state index contributed by atoms with van der Waals surface area (Å²) < 4.78 is 6.49. The van der Waals surface area contributed by atoms with Crippen LogP contribution in [-0.2, 0) is 9.53 Å². The lowest BCUT2D eigenvalue weighted by molar-refractivity contribution is -0.249. The fourth-order valence-electron chi connectivity index (χ4n) is 6.34. The summed E-state index contributed by atoms with van der Waals surface area (Å²) in [5.74, 6) is 0.603. The summed E-state index contributed by atoms with van der Waals surface area (Å²) in [7, 11) is 0. The first-order valence-electron chi connectivity index (χ1n) is 9.03. The molecule has 23 heavy (non-hydrogen) atoms. The molecule has 3 fully saturated rings. The highest BCUT2D eigenvalue weighted by atomic mass is 16.5. The Morgan fingerprint density at radius 2 is 1.83 bits per heavy atom. The topological polar surface area (TPSA) is 46.5 Å². The predicted molar refractivity (Wildman–Crippen MR) is 91.1 cm³/mol. The molecule has 2 aliphatic carbocycles. The van der Waals surface area contributed by atoms with Gasteiger partial charge < -0.3 is 9.84 Å². The van der Waals surface area contributed by atoms with E-state index in [9.17, 15) is 9.90 Å². The van der Waals surface area contributed by atoms with E-state index in [4.69, 9.17) is 4.74 Å². The number of ether oxygens (including phenoxy) is 1. The van der Waals surface area contributed by atoms with Crippen molar-refractivity contribution in [3.8, 4) is 0 Å². The minimum absolute atomic E-state index is 0.0754. The quantitative estimate of drug-likeness (QED) is 0.746. The summed E-state index contributed by atoms with van der Waals surface area (Å²) in [6, 6.07) is 0. The van der Waals surface area contributed by atoms with E-state index in [-0.39, 0.29) is 22.9 Å². The van der Waals surface area contributed by atoms with Gasteiger partial charge in [-0.15, -0.1) is 6.58 Å². The van der Waals surface area contributed by atoms with Gasteiger partial charge in [-0.1, -0.05) is 26.8 Å². The van der Waals surface area contributed by atoms with Crippen molar-refractivity contribution in [2.45, 2.75) is 84.0 Å². The number of hydrogen-bond donors (Lipinski definition) is 1. The molecular weight excluding hydrogens is 288 g/mol. The molecule has 130 valence electrons. The summed E-state index contributed by atoms with van der Waals surface area (Å²) in [4.78, 5) is 13.2. The first-order valence-corrected chi connectivity index (χ1v) is 9.03. The lowest BCUT2D eigenvalue weighted by Gasteiger charge is -2.65. The minimum atomic E-state index is -0.546. The van der Waals surface area contributed by atoms with Gasteiger partial charge in [0.1, 0.15) is 5.78 Å². The molecule has 3 heteroatoms. The number of fused-ring (bicyclic) bond motifs is 3. The molecule has 1 saturated heterocycles. The van der Waals surface area contributed by atoms with Gasteiger partial charge in [-0.25, -0.2) is 0 Å². The maximum absolute atomic E-state index is 13.2. The molecule has 0 aromatic rings. The Morgan fingerprint density at radius 1 is 1.17 bits per heavy atom. The number of hydrogen-bond acceptors (Lipinski definition) is 3. The summed E-state index contributed by atoms with van der Waals surface area (Å²) >= 11 is 0. The Hall–Kier alpha value is -0.670. The molecule has 0 aromatic carbocycles. The van der Waals surface area contributed by atoms with Crippen LogP contribution in [0.5, 0.6) is 0 Å². The third-order valence-corrected chi connectivity index (χ3v) is 7.45. The number of aliphatic hydroxyl groups is 1. The van der Waals surface area contributed by atoms with Crippen molar-refractivity contribution in [3.05, 3.63) is 12.7 Å². The molecule has 0 unspecified atom stereocenters. The molecule has 3 nitrogen and oxygen atoms in total. The number of aliphatic hydroxyl groups excluding tert-OH is 1. The summed E-state index contributed by atoms with van der Waals surface area (Å²) in [6.45, 7) is 14.6. The number of Topliss-reactive ketones (excluding diaryl/α,β-unsaturated/α-hetero) is 1. The van der Waals surface area contributed by atoms with E-state index in [1.165, 1.54) is 0 Å². The first-order chi connectivity index (χ1) is 10.5. The summed E-state index contributed by atoms with van der Waals surface area (Å²) in [5, 5.41) is 10.5. The van der Waals surface area contributed by atoms with Crippen LogP contribution in [0.4, 0.5) is 0 Å². The van der Waals surface area contributed by atoms with Gasteiger partial charge in [-0.3, -0.25) is 4.79 Å². The average Bonchev–Trinajstić information content (AvgIpc) is 2.41. The summed E-state index contributed by atoms with van der Waals surface area (Å²) in [6.07, 6.45) is 5.50. The second kappa shape index (κ2) is 4.92. The van der Waals surface area contributed by atoms with Crippen molar-refractivity contribution in [1.29, 1.82) is 0 Å². The van der Waals surface area contributed by atoms with Crippen LogP contribution in [0.2, 0.25) is 0 Å². The van der Waals surface area contributed by atoms with Crippen LogP contribution in [0.3, 0.4) is 0 Å². The number of rotatable bonds is 1. The predicted octanol–water partition coefficient (Wildman–Crippen LogP) is 3.89. The third kappa shape index (κ3) is 2.26. The number of carbonyl (C=O) groups excluding carboxylic acids is 1. The normalized spacial score (nSPS) is 52.4. The highest BCUT2D eigenvalue weighted by Gasteiger charge is 2.65. The van der Waals surface area contributed by atoms with Gasteiger partial charge >= 0.3 is 0 Å². The Balaban J connectivity index is 2.03. The molecule has 6 atom stereocenters. The third-order valence-electron chi connectivity index (χ3n) is 7.45. The van der Waals surface area contributed by atoms with Crippen LogP contribution in [-0.4, -0.2) is 28.2 Å².